The summed E-state index contributed by atoms with van der Waals surface area (Å²) < 4.78 is 7.14. The van der Waals surface area contributed by atoms with Crippen LogP contribution in [0.1, 0.15) is 31.6 Å². The molecule has 1 fully saturated rings. The van der Waals surface area contributed by atoms with E-state index in [1.165, 1.54) is 0 Å². The highest BCUT2D eigenvalue weighted by Gasteiger charge is 2.48. The quantitative estimate of drug-likeness (QED) is 0.547. The number of carbonyl (C=O) groups is 4. The second-order valence-corrected chi connectivity index (χ2v) is 8.39. The molecule has 0 aliphatic carbocycles. The van der Waals surface area contributed by atoms with Crippen LogP contribution in [0.4, 0.5) is 0 Å². The van der Waals surface area contributed by atoms with E-state index in [0.29, 0.717) is 36.6 Å². The standard InChI is InChI=1S/C22H19N7O5/c30-15-6-5-14(19(31)24-15)29-20(32)13-4-2-9-27(17(13)21(29)33)11-16-25-22(26-34-16)28-10-7-12-3-1-8-23-18(12)28/h1,3,7-8,10,14H,2,4-6,9,11H2,(H,24,30,31). The van der Waals surface area contributed by atoms with Crippen LogP contribution >= 0.6 is 0 Å². The number of piperidine rings is 1. The molecule has 6 rings (SSSR count). The van der Waals surface area contributed by atoms with Crippen molar-refractivity contribution >= 4 is 34.7 Å². The van der Waals surface area contributed by atoms with Crippen molar-refractivity contribution in [3.63, 3.8) is 0 Å². The molecule has 1 atom stereocenters. The van der Waals surface area contributed by atoms with Crippen molar-refractivity contribution in [3.8, 4) is 5.95 Å². The highest BCUT2D eigenvalue weighted by molar-refractivity contribution is 6.21. The molecule has 4 amide bonds. The molecule has 0 radical (unpaired) electrons. The number of rotatable bonds is 4. The number of aromatic nitrogens is 4. The molecule has 0 bridgehead atoms. The summed E-state index contributed by atoms with van der Waals surface area (Å²) in [4.78, 5) is 61.7. The fourth-order valence-electron chi connectivity index (χ4n) is 4.76. The molecular weight excluding hydrogens is 442 g/mol. The van der Waals surface area contributed by atoms with E-state index < -0.39 is 29.7 Å². The Bertz CT molecular complexity index is 1400. The zero-order valence-corrected chi connectivity index (χ0v) is 17.9. The van der Waals surface area contributed by atoms with Gasteiger partial charge in [0.1, 0.15) is 17.4 Å². The smallest absolute Gasteiger partial charge is 0.278 e. The van der Waals surface area contributed by atoms with Crippen LogP contribution in [0.25, 0.3) is 17.0 Å². The van der Waals surface area contributed by atoms with Gasteiger partial charge in [-0.05, 0) is 42.6 Å². The fourth-order valence-corrected chi connectivity index (χ4v) is 4.76. The van der Waals surface area contributed by atoms with Gasteiger partial charge in [-0.3, -0.25) is 34.0 Å². The normalized spacial score (nSPS) is 21.0. The van der Waals surface area contributed by atoms with Crippen LogP contribution in [0.3, 0.4) is 0 Å². The van der Waals surface area contributed by atoms with Crippen LogP contribution in [-0.2, 0) is 25.7 Å². The average Bonchev–Trinajstić information content (AvgIpc) is 3.52. The monoisotopic (exact) mass is 461 g/mol. The summed E-state index contributed by atoms with van der Waals surface area (Å²) in [7, 11) is 0. The number of nitrogens with one attached hydrogen (secondary N) is 1. The molecule has 0 saturated carbocycles. The van der Waals surface area contributed by atoms with Crippen molar-refractivity contribution in [1.82, 2.24) is 34.8 Å². The van der Waals surface area contributed by atoms with E-state index in [2.05, 4.69) is 20.4 Å². The molecule has 3 aromatic rings. The van der Waals surface area contributed by atoms with Crippen LogP contribution in [0, 0.1) is 0 Å². The van der Waals surface area contributed by atoms with Crippen LogP contribution in [0.15, 0.2) is 46.4 Å². The number of hydrogen-bond acceptors (Lipinski definition) is 9. The molecule has 1 N–H and O–H groups in total. The number of carbonyl (C=O) groups excluding carboxylic acids is 4. The van der Waals surface area contributed by atoms with Crippen molar-refractivity contribution < 1.29 is 23.7 Å². The Hall–Kier alpha value is -4.35. The minimum atomic E-state index is -0.991. The first-order chi connectivity index (χ1) is 16.5. The third-order valence-electron chi connectivity index (χ3n) is 6.32. The Morgan fingerprint density at radius 3 is 2.85 bits per heavy atom. The summed E-state index contributed by atoms with van der Waals surface area (Å²) in [5.74, 6) is -1.45. The maximum absolute atomic E-state index is 13.3. The highest BCUT2D eigenvalue weighted by atomic mass is 16.5. The highest BCUT2D eigenvalue weighted by Crippen LogP contribution is 2.34. The summed E-state index contributed by atoms with van der Waals surface area (Å²) >= 11 is 0. The van der Waals surface area contributed by atoms with Gasteiger partial charge in [0.25, 0.3) is 17.8 Å². The predicted molar refractivity (Wildman–Crippen MR) is 114 cm³/mol. The maximum Gasteiger partial charge on any atom is 0.278 e. The number of nitrogens with zero attached hydrogens (tertiary/aromatic N) is 6. The minimum Gasteiger partial charge on any atom is -0.357 e. The number of pyridine rings is 1. The molecule has 1 unspecified atom stereocenters. The van der Waals surface area contributed by atoms with Gasteiger partial charge in [0, 0.05) is 36.3 Å². The summed E-state index contributed by atoms with van der Waals surface area (Å²) in [5, 5.41) is 7.19. The number of fused-ring (bicyclic) bond motifs is 1. The zero-order chi connectivity index (χ0) is 23.4. The van der Waals surface area contributed by atoms with Crippen LogP contribution in [-0.4, -0.2) is 65.7 Å². The Morgan fingerprint density at radius 2 is 2.00 bits per heavy atom. The van der Waals surface area contributed by atoms with Gasteiger partial charge in [-0.1, -0.05) is 0 Å². The van der Waals surface area contributed by atoms with Gasteiger partial charge in [-0.15, -0.1) is 0 Å². The Balaban J connectivity index is 1.25. The lowest BCUT2D eigenvalue weighted by atomic mass is 10.0. The molecule has 12 heteroatoms. The van der Waals surface area contributed by atoms with E-state index in [-0.39, 0.29) is 31.0 Å². The van der Waals surface area contributed by atoms with Gasteiger partial charge < -0.3 is 9.42 Å². The third-order valence-corrected chi connectivity index (χ3v) is 6.32. The summed E-state index contributed by atoms with van der Waals surface area (Å²) in [6.07, 6.45) is 4.78. The molecule has 34 heavy (non-hydrogen) atoms. The summed E-state index contributed by atoms with van der Waals surface area (Å²) in [6, 6.07) is 4.67. The van der Waals surface area contributed by atoms with Crippen LogP contribution in [0.2, 0.25) is 0 Å². The lowest BCUT2D eigenvalue weighted by Crippen LogP contribution is -2.55. The molecule has 1 saturated heterocycles. The molecule has 3 aliphatic rings. The maximum atomic E-state index is 13.3. The Kier molecular flexibility index (Phi) is 4.54. The Labute approximate surface area is 192 Å². The average molecular weight is 461 g/mol. The first-order valence-electron chi connectivity index (χ1n) is 11.0. The molecular formula is C22H19N7O5. The summed E-state index contributed by atoms with van der Waals surface area (Å²) in [5.41, 5.74) is 1.32. The van der Waals surface area contributed by atoms with Gasteiger partial charge >= 0.3 is 0 Å². The first-order valence-corrected chi connectivity index (χ1v) is 11.0. The number of amides is 4. The van der Waals surface area contributed by atoms with E-state index >= 15 is 0 Å². The molecule has 3 aliphatic heterocycles. The topological polar surface area (TPSA) is 144 Å². The zero-order valence-electron chi connectivity index (χ0n) is 17.9. The third kappa shape index (κ3) is 3.10. The van der Waals surface area contributed by atoms with Crippen LogP contribution in [0.5, 0.6) is 0 Å². The van der Waals surface area contributed by atoms with E-state index in [0.717, 1.165) is 10.3 Å². The molecule has 3 aromatic heterocycles. The number of hydrogen-bond donors (Lipinski definition) is 1. The second-order valence-electron chi connectivity index (χ2n) is 8.39. The molecule has 172 valence electrons. The van der Waals surface area contributed by atoms with Crippen molar-refractivity contribution in [1.29, 1.82) is 0 Å². The van der Waals surface area contributed by atoms with Crippen molar-refractivity contribution in [2.24, 2.45) is 0 Å². The molecule has 12 nitrogen and oxygen atoms in total. The van der Waals surface area contributed by atoms with E-state index in [4.69, 9.17) is 4.52 Å². The number of imide groups is 2. The Morgan fingerprint density at radius 1 is 1.12 bits per heavy atom. The van der Waals surface area contributed by atoms with Crippen molar-refractivity contribution in [2.75, 3.05) is 6.54 Å². The lowest BCUT2D eigenvalue weighted by Gasteiger charge is -2.29. The van der Waals surface area contributed by atoms with Gasteiger partial charge in [0.05, 0.1) is 6.54 Å². The van der Waals surface area contributed by atoms with Crippen LogP contribution < -0.4 is 5.32 Å². The van der Waals surface area contributed by atoms with Crippen molar-refractivity contribution in [2.45, 2.75) is 38.3 Å². The minimum absolute atomic E-state index is 0.0789. The van der Waals surface area contributed by atoms with Gasteiger partial charge in [-0.2, -0.15) is 4.98 Å². The van der Waals surface area contributed by atoms with E-state index in [1.807, 2.05) is 18.2 Å². The van der Waals surface area contributed by atoms with E-state index in [9.17, 15) is 19.2 Å². The second kappa shape index (κ2) is 7.61. The predicted octanol–water partition coefficient (Wildman–Crippen LogP) is 0.432. The largest absolute Gasteiger partial charge is 0.357 e. The van der Waals surface area contributed by atoms with Crippen molar-refractivity contribution in [3.05, 3.63) is 47.8 Å². The molecule has 0 aromatic carbocycles. The fraction of sp³-hybridized carbons (Fsp3) is 0.318. The lowest BCUT2D eigenvalue weighted by molar-refractivity contribution is -0.150. The van der Waals surface area contributed by atoms with Gasteiger partial charge in [-0.25, -0.2) is 4.98 Å². The molecule has 6 heterocycles. The first kappa shape index (κ1) is 20.3. The SMILES string of the molecule is O=C1CCC(N2C(=O)C3=C(C2=O)N(Cc2nc(-n4ccc5cccnc54)no2)CCC3)C(=O)N1. The van der Waals surface area contributed by atoms with Gasteiger partial charge in [0.2, 0.25) is 17.7 Å². The summed E-state index contributed by atoms with van der Waals surface area (Å²) in [6.45, 7) is 0.660. The van der Waals surface area contributed by atoms with Gasteiger partial charge in [0.15, 0.2) is 0 Å². The molecule has 0 spiro atoms. The van der Waals surface area contributed by atoms with E-state index in [1.54, 1.807) is 21.9 Å².